The minimum absolute atomic E-state index is 0.308. The van der Waals surface area contributed by atoms with Gasteiger partial charge in [0, 0.05) is 24.3 Å². The number of hydrogen-bond donors (Lipinski definition) is 3. The van der Waals surface area contributed by atoms with Crippen molar-refractivity contribution in [3.05, 3.63) is 34.1 Å². The molecule has 1 aromatic carbocycles. The van der Waals surface area contributed by atoms with Crippen molar-refractivity contribution in [1.29, 1.82) is 0 Å². The van der Waals surface area contributed by atoms with Gasteiger partial charge in [-0.05, 0) is 49.8 Å². The molecule has 146 valence electrons. The summed E-state index contributed by atoms with van der Waals surface area (Å²) < 4.78 is 0. The van der Waals surface area contributed by atoms with E-state index in [1.54, 1.807) is 6.33 Å². The first-order valence-corrected chi connectivity index (χ1v) is 10.3. The Kier molecular flexibility index (Phi) is 4.53. The molecule has 2 aromatic heterocycles. The molecule has 0 saturated heterocycles. The lowest BCUT2D eigenvalue weighted by Crippen LogP contribution is -2.33. The van der Waals surface area contributed by atoms with Gasteiger partial charge >= 0.3 is 0 Å². The molecule has 0 spiro atoms. The normalized spacial score (nSPS) is 21.9. The zero-order valence-electron chi connectivity index (χ0n) is 15.3. The molecule has 9 heteroatoms. The SMILES string of the molecule is N[C@H]1CC[C@H](Nc2nc(N3CCc4cc(Cl)c(Cl)cc43)c3nc[nH]c3n2)CC1. The summed E-state index contributed by atoms with van der Waals surface area (Å²) in [7, 11) is 0. The van der Waals surface area contributed by atoms with Crippen LogP contribution in [0.2, 0.25) is 10.0 Å². The molecule has 0 amide bonds. The van der Waals surface area contributed by atoms with E-state index in [0.29, 0.717) is 33.7 Å². The number of aromatic amines is 1. The Balaban J connectivity index is 1.52. The number of nitrogens with two attached hydrogens (primary N) is 1. The molecule has 7 nitrogen and oxygen atoms in total. The molecule has 5 rings (SSSR count). The number of benzene rings is 1. The molecule has 0 unspecified atom stereocenters. The Morgan fingerprint density at radius 2 is 1.89 bits per heavy atom. The molecule has 28 heavy (non-hydrogen) atoms. The maximum atomic E-state index is 6.28. The van der Waals surface area contributed by atoms with Crippen molar-refractivity contribution in [3.63, 3.8) is 0 Å². The van der Waals surface area contributed by atoms with Gasteiger partial charge in [0.15, 0.2) is 17.0 Å². The van der Waals surface area contributed by atoms with E-state index < -0.39 is 0 Å². The van der Waals surface area contributed by atoms with E-state index in [9.17, 15) is 0 Å². The molecule has 0 radical (unpaired) electrons. The third-order valence-corrected chi connectivity index (χ3v) is 6.36. The highest BCUT2D eigenvalue weighted by atomic mass is 35.5. The van der Waals surface area contributed by atoms with Crippen LogP contribution >= 0.6 is 23.2 Å². The Hall–Kier alpha value is -2.09. The van der Waals surface area contributed by atoms with Gasteiger partial charge in [-0.2, -0.15) is 9.97 Å². The molecule has 0 atom stereocenters. The predicted octanol–water partition coefficient (Wildman–Crippen LogP) is 4.04. The number of hydrogen-bond acceptors (Lipinski definition) is 6. The first-order chi connectivity index (χ1) is 13.6. The van der Waals surface area contributed by atoms with E-state index in [-0.39, 0.29) is 0 Å². The van der Waals surface area contributed by atoms with E-state index in [4.69, 9.17) is 33.9 Å². The molecule has 0 bridgehead atoms. The molecule has 1 aliphatic heterocycles. The van der Waals surface area contributed by atoms with E-state index in [1.165, 1.54) is 0 Å². The molecular formula is C19H21Cl2N7. The number of fused-ring (bicyclic) bond motifs is 2. The third-order valence-electron chi connectivity index (χ3n) is 5.64. The summed E-state index contributed by atoms with van der Waals surface area (Å²) in [6, 6.07) is 4.49. The molecule has 1 aliphatic carbocycles. The number of aromatic nitrogens is 4. The average Bonchev–Trinajstić information content (AvgIpc) is 3.30. The van der Waals surface area contributed by atoms with Crippen molar-refractivity contribution in [3.8, 4) is 0 Å². The van der Waals surface area contributed by atoms with Crippen molar-refractivity contribution in [2.45, 2.75) is 44.2 Å². The summed E-state index contributed by atoms with van der Waals surface area (Å²) in [5.74, 6) is 1.39. The standard InChI is InChI=1S/C19H21Cl2N7/c20-13-7-10-5-6-28(15(10)8-14(13)21)18-16-17(24-9-23-16)26-19(27-18)25-12-3-1-11(22)2-4-12/h7-9,11-12H,1-6,22H2,(H2,23,24,25,26,27)/t11-,12-. The average molecular weight is 418 g/mol. The predicted molar refractivity (Wildman–Crippen MR) is 113 cm³/mol. The number of nitrogens with one attached hydrogen (secondary N) is 2. The highest BCUT2D eigenvalue weighted by molar-refractivity contribution is 6.42. The van der Waals surface area contributed by atoms with Gasteiger partial charge in [0.25, 0.3) is 0 Å². The molecular weight excluding hydrogens is 397 g/mol. The van der Waals surface area contributed by atoms with Crippen LogP contribution in [0.25, 0.3) is 11.2 Å². The maximum Gasteiger partial charge on any atom is 0.227 e. The molecule has 1 saturated carbocycles. The Morgan fingerprint density at radius 3 is 2.71 bits per heavy atom. The van der Waals surface area contributed by atoms with Crippen LogP contribution in [0.4, 0.5) is 17.5 Å². The summed E-state index contributed by atoms with van der Waals surface area (Å²) in [6.45, 7) is 0.794. The zero-order valence-corrected chi connectivity index (χ0v) is 16.8. The van der Waals surface area contributed by atoms with Crippen LogP contribution in [0.1, 0.15) is 31.2 Å². The summed E-state index contributed by atoms with van der Waals surface area (Å²) in [5, 5.41) is 4.61. The minimum Gasteiger partial charge on any atom is -0.351 e. The molecule has 3 aromatic rings. The number of rotatable bonds is 3. The second-order valence-corrected chi connectivity index (χ2v) is 8.34. The van der Waals surface area contributed by atoms with Gasteiger partial charge in [-0.3, -0.25) is 0 Å². The molecule has 1 fully saturated rings. The number of nitrogens with zero attached hydrogens (tertiary/aromatic N) is 4. The quantitative estimate of drug-likeness (QED) is 0.594. The lowest BCUT2D eigenvalue weighted by atomic mass is 9.92. The van der Waals surface area contributed by atoms with E-state index in [0.717, 1.165) is 61.2 Å². The lowest BCUT2D eigenvalue weighted by molar-refractivity contribution is 0.410. The smallest absolute Gasteiger partial charge is 0.227 e. The number of H-pyrrole nitrogens is 1. The van der Waals surface area contributed by atoms with Gasteiger partial charge in [-0.15, -0.1) is 0 Å². The highest BCUT2D eigenvalue weighted by Gasteiger charge is 2.27. The fraction of sp³-hybridized carbons (Fsp3) is 0.421. The van der Waals surface area contributed by atoms with Gasteiger partial charge in [0.1, 0.15) is 0 Å². The van der Waals surface area contributed by atoms with Crippen LogP contribution in [-0.2, 0) is 6.42 Å². The van der Waals surface area contributed by atoms with E-state index in [2.05, 4.69) is 25.2 Å². The molecule has 3 heterocycles. The largest absolute Gasteiger partial charge is 0.351 e. The number of imidazole rings is 1. The number of halogens is 2. The van der Waals surface area contributed by atoms with E-state index in [1.807, 2.05) is 12.1 Å². The van der Waals surface area contributed by atoms with Crippen LogP contribution in [0, 0.1) is 0 Å². The molecule has 4 N–H and O–H groups in total. The highest BCUT2D eigenvalue weighted by Crippen LogP contribution is 2.40. The van der Waals surface area contributed by atoms with Gasteiger partial charge < -0.3 is 20.9 Å². The van der Waals surface area contributed by atoms with Gasteiger partial charge in [-0.1, -0.05) is 23.2 Å². The monoisotopic (exact) mass is 417 g/mol. The molecule has 2 aliphatic rings. The Bertz CT molecular complexity index is 1030. The summed E-state index contributed by atoms with van der Waals surface area (Å²) in [6.07, 6.45) is 6.64. The number of anilines is 3. The van der Waals surface area contributed by atoms with Crippen molar-refractivity contribution in [2.24, 2.45) is 5.73 Å². The maximum absolute atomic E-state index is 6.28. The van der Waals surface area contributed by atoms with E-state index >= 15 is 0 Å². The van der Waals surface area contributed by atoms with Crippen LogP contribution in [0.15, 0.2) is 18.5 Å². The fourth-order valence-electron chi connectivity index (χ4n) is 4.12. The zero-order chi connectivity index (χ0) is 19.3. The summed E-state index contributed by atoms with van der Waals surface area (Å²) in [5.41, 5.74) is 9.67. The Labute approximate surface area is 172 Å². The van der Waals surface area contributed by atoms with Gasteiger partial charge in [-0.25, -0.2) is 4.98 Å². The van der Waals surface area contributed by atoms with Gasteiger partial charge in [0.05, 0.1) is 16.4 Å². The second kappa shape index (κ2) is 7.06. The summed E-state index contributed by atoms with van der Waals surface area (Å²) >= 11 is 12.5. The Morgan fingerprint density at radius 1 is 1.11 bits per heavy atom. The lowest BCUT2D eigenvalue weighted by Gasteiger charge is -2.27. The minimum atomic E-state index is 0.308. The van der Waals surface area contributed by atoms with Crippen LogP contribution in [-0.4, -0.2) is 38.6 Å². The fourth-order valence-corrected chi connectivity index (χ4v) is 4.47. The van der Waals surface area contributed by atoms with Crippen molar-refractivity contribution < 1.29 is 0 Å². The van der Waals surface area contributed by atoms with Crippen molar-refractivity contribution in [1.82, 2.24) is 19.9 Å². The second-order valence-electron chi connectivity index (χ2n) is 7.52. The first kappa shape index (κ1) is 18.0. The van der Waals surface area contributed by atoms with Crippen LogP contribution in [0.3, 0.4) is 0 Å². The van der Waals surface area contributed by atoms with Crippen molar-refractivity contribution in [2.75, 3.05) is 16.8 Å². The van der Waals surface area contributed by atoms with Crippen molar-refractivity contribution >= 4 is 51.8 Å². The first-order valence-electron chi connectivity index (χ1n) is 9.57. The topological polar surface area (TPSA) is 95.7 Å². The van der Waals surface area contributed by atoms with Gasteiger partial charge in [0.2, 0.25) is 5.95 Å². The third kappa shape index (κ3) is 3.17. The van der Waals surface area contributed by atoms with Crippen LogP contribution in [0.5, 0.6) is 0 Å². The summed E-state index contributed by atoms with van der Waals surface area (Å²) in [4.78, 5) is 19.2. The van der Waals surface area contributed by atoms with Crippen LogP contribution < -0.4 is 16.0 Å².